The summed E-state index contributed by atoms with van der Waals surface area (Å²) in [6.07, 6.45) is 14.9. The zero-order valence-electron chi connectivity index (χ0n) is 20.4. The number of rotatable bonds is 10. The van der Waals surface area contributed by atoms with Crippen molar-refractivity contribution in [1.29, 1.82) is 0 Å². The van der Waals surface area contributed by atoms with Crippen LogP contribution in [0.5, 0.6) is 11.5 Å². The van der Waals surface area contributed by atoms with Crippen molar-refractivity contribution in [2.24, 2.45) is 0 Å². The number of allylic oxidation sites excluding steroid dienone is 5. The number of hydrogen-bond donors (Lipinski definition) is 2. The molecule has 0 aromatic heterocycles. The highest BCUT2D eigenvalue weighted by Gasteiger charge is 2.28. The van der Waals surface area contributed by atoms with Crippen molar-refractivity contribution in [2.75, 3.05) is 0 Å². The monoisotopic (exact) mass is 438 g/mol. The molecule has 1 aromatic rings. The Kier molecular flexibility index (Phi) is 8.94. The lowest BCUT2D eigenvalue weighted by atomic mass is 9.92. The van der Waals surface area contributed by atoms with Gasteiger partial charge in [0.2, 0.25) is 0 Å². The molecule has 0 radical (unpaired) electrons. The van der Waals surface area contributed by atoms with Crippen LogP contribution in [-0.4, -0.2) is 21.8 Å². The van der Waals surface area contributed by atoms with Gasteiger partial charge in [0.05, 0.1) is 0 Å². The number of benzene rings is 1. The van der Waals surface area contributed by atoms with Gasteiger partial charge >= 0.3 is 5.97 Å². The van der Waals surface area contributed by atoms with Crippen LogP contribution in [-0.2, 0) is 4.79 Å². The summed E-state index contributed by atoms with van der Waals surface area (Å²) in [5.74, 6) is 0.334. The van der Waals surface area contributed by atoms with E-state index in [1.165, 1.54) is 11.1 Å². The number of carboxylic acids is 1. The van der Waals surface area contributed by atoms with Crippen LogP contribution in [0.2, 0.25) is 0 Å². The molecule has 0 bridgehead atoms. The molecular weight excluding hydrogens is 400 g/mol. The number of phenols is 1. The van der Waals surface area contributed by atoms with Crippen LogP contribution >= 0.6 is 0 Å². The predicted molar refractivity (Wildman–Crippen MR) is 132 cm³/mol. The maximum Gasteiger partial charge on any atom is 0.331 e. The highest BCUT2D eigenvalue weighted by molar-refractivity contribution is 5.86. The summed E-state index contributed by atoms with van der Waals surface area (Å²) in [4.78, 5) is 11.4. The Labute approximate surface area is 193 Å². The van der Waals surface area contributed by atoms with Gasteiger partial charge < -0.3 is 14.9 Å². The van der Waals surface area contributed by atoms with Gasteiger partial charge in [-0.15, -0.1) is 0 Å². The third-order valence-corrected chi connectivity index (χ3v) is 6.10. The van der Waals surface area contributed by atoms with E-state index >= 15 is 0 Å². The molecule has 1 heterocycles. The summed E-state index contributed by atoms with van der Waals surface area (Å²) in [5.41, 5.74) is 5.33. The minimum atomic E-state index is -0.818. The standard InChI is InChI=1S/C28H38O4/c1-19(2)10-7-13-23(27(30)31)14-8-11-20(3)12-9-16-28(6)17-15-24-18-25(29)21(4)22(5)26(24)32-28/h10,12,14-15,17-18,29H,7-9,11,13,16H2,1-6H3,(H,30,31)/t28-/m1/s1. The third kappa shape index (κ3) is 7.15. The fourth-order valence-electron chi connectivity index (χ4n) is 3.82. The summed E-state index contributed by atoms with van der Waals surface area (Å²) in [5, 5.41) is 19.5. The predicted octanol–water partition coefficient (Wildman–Crippen LogP) is 7.44. The lowest BCUT2D eigenvalue weighted by Crippen LogP contribution is -2.32. The lowest BCUT2D eigenvalue weighted by Gasteiger charge is -2.33. The van der Waals surface area contributed by atoms with E-state index in [9.17, 15) is 15.0 Å². The van der Waals surface area contributed by atoms with Gasteiger partial charge in [0.15, 0.2) is 0 Å². The van der Waals surface area contributed by atoms with Gasteiger partial charge in [-0.3, -0.25) is 0 Å². The molecule has 0 unspecified atom stereocenters. The molecular formula is C28H38O4. The van der Waals surface area contributed by atoms with Crippen LogP contribution in [0, 0.1) is 13.8 Å². The number of carboxylic acid groups (broad SMARTS) is 1. The summed E-state index contributed by atoms with van der Waals surface area (Å²) in [7, 11) is 0. The largest absolute Gasteiger partial charge is 0.508 e. The Balaban J connectivity index is 1.91. The highest BCUT2D eigenvalue weighted by Crippen LogP contribution is 2.40. The van der Waals surface area contributed by atoms with Crippen molar-refractivity contribution in [3.63, 3.8) is 0 Å². The molecule has 4 nitrogen and oxygen atoms in total. The molecule has 32 heavy (non-hydrogen) atoms. The smallest absolute Gasteiger partial charge is 0.331 e. The van der Waals surface area contributed by atoms with Crippen LogP contribution in [0.4, 0.5) is 0 Å². The van der Waals surface area contributed by atoms with Crippen LogP contribution < -0.4 is 4.74 Å². The van der Waals surface area contributed by atoms with Crippen molar-refractivity contribution in [3.05, 3.63) is 63.8 Å². The first-order valence-corrected chi connectivity index (χ1v) is 11.4. The van der Waals surface area contributed by atoms with Crippen molar-refractivity contribution < 1.29 is 19.7 Å². The molecule has 0 spiro atoms. The normalized spacial score (nSPS) is 18.2. The average Bonchev–Trinajstić information content (AvgIpc) is 2.71. The zero-order chi connectivity index (χ0) is 23.9. The van der Waals surface area contributed by atoms with Gasteiger partial charge in [0, 0.05) is 11.1 Å². The fraction of sp³-hybridized carbons (Fsp3) is 0.464. The van der Waals surface area contributed by atoms with Crippen LogP contribution in [0.3, 0.4) is 0 Å². The maximum absolute atomic E-state index is 11.4. The topological polar surface area (TPSA) is 66.8 Å². The van der Waals surface area contributed by atoms with E-state index in [1.807, 2.05) is 39.8 Å². The number of phenolic OH excluding ortho intramolecular Hbond substituents is 1. The van der Waals surface area contributed by atoms with Gasteiger partial charge in [0.25, 0.3) is 0 Å². The van der Waals surface area contributed by atoms with E-state index in [2.05, 4.69) is 32.1 Å². The second kappa shape index (κ2) is 11.2. The molecule has 0 saturated carbocycles. The van der Waals surface area contributed by atoms with Gasteiger partial charge in [-0.05, 0) is 103 Å². The number of ether oxygens (including phenoxy) is 1. The quantitative estimate of drug-likeness (QED) is 0.294. The molecule has 2 rings (SSSR count). The van der Waals surface area contributed by atoms with Crippen molar-refractivity contribution in [3.8, 4) is 11.5 Å². The molecule has 174 valence electrons. The van der Waals surface area contributed by atoms with E-state index in [1.54, 1.807) is 6.07 Å². The number of aromatic hydroxyl groups is 1. The van der Waals surface area contributed by atoms with Gasteiger partial charge in [0.1, 0.15) is 17.1 Å². The summed E-state index contributed by atoms with van der Waals surface area (Å²) < 4.78 is 6.35. The van der Waals surface area contributed by atoms with Crippen LogP contribution in [0.25, 0.3) is 6.08 Å². The number of carbonyl (C=O) groups is 1. The van der Waals surface area contributed by atoms with E-state index in [0.717, 1.165) is 54.5 Å². The maximum atomic E-state index is 11.4. The van der Waals surface area contributed by atoms with Gasteiger partial charge in [-0.2, -0.15) is 0 Å². The summed E-state index contributed by atoms with van der Waals surface area (Å²) in [6, 6.07) is 1.76. The van der Waals surface area contributed by atoms with E-state index < -0.39 is 5.97 Å². The molecule has 1 aliphatic heterocycles. The fourth-order valence-corrected chi connectivity index (χ4v) is 3.82. The van der Waals surface area contributed by atoms with Crippen molar-refractivity contribution in [2.45, 2.75) is 85.7 Å². The first kappa shape index (κ1) is 25.5. The Morgan fingerprint density at radius 2 is 1.72 bits per heavy atom. The van der Waals surface area contributed by atoms with Crippen LogP contribution in [0.15, 0.2) is 47.1 Å². The van der Waals surface area contributed by atoms with Crippen molar-refractivity contribution in [1.82, 2.24) is 0 Å². The molecule has 4 heteroatoms. The number of aliphatic carboxylic acids is 1. The second-order valence-electron chi connectivity index (χ2n) is 9.29. The molecule has 1 atom stereocenters. The molecule has 0 saturated heterocycles. The number of hydrogen-bond acceptors (Lipinski definition) is 3. The van der Waals surface area contributed by atoms with Gasteiger partial charge in [-0.25, -0.2) is 4.79 Å². The molecule has 0 aliphatic carbocycles. The molecule has 2 N–H and O–H groups in total. The minimum Gasteiger partial charge on any atom is -0.508 e. The Bertz CT molecular complexity index is 958. The Morgan fingerprint density at radius 3 is 2.38 bits per heavy atom. The highest BCUT2D eigenvalue weighted by atomic mass is 16.5. The third-order valence-electron chi connectivity index (χ3n) is 6.10. The van der Waals surface area contributed by atoms with E-state index in [0.29, 0.717) is 17.7 Å². The minimum absolute atomic E-state index is 0.300. The van der Waals surface area contributed by atoms with Gasteiger partial charge in [-0.1, -0.05) is 35.5 Å². The molecule has 0 fully saturated rings. The van der Waals surface area contributed by atoms with Crippen LogP contribution in [0.1, 0.15) is 82.9 Å². The first-order chi connectivity index (χ1) is 15.0. The summed E-state index contributed by atoms with van der Waals surface area (Å²) in [6.45, 7) is 12.1. The Hall–Kier alpha value is -2.75. The first-order valence-electron chi connectivity index (χ1n) is 11.4. The lowest BCUT2D eigenvalue weighted by molar-refractivity contribution is -0.132. The SMILES string of the molecule is CC(C)=CCCC(=CCCC(C)=CCC[C@]1(C)C=Cc2cc(O)c(C)c(C)c2O1)C(=O)O. The second-order valence-corrected chi connectivity index (χ2v) is 9.29. The summed E-state index contributed by atoms with van der Waals surface area (Å²) >= 11 is 0. The van der Waals surface area contributed by atoms with E-state index in [-0.39, 0.29) is 5.60 Å². The van der Waals surface area contributed by atoms with Crippen molar-refractivity contribution >= 4 is 12.0 Å². The average molecular weight is 439 g/mol. The Morgan fingerprint density at radius 1 is 1.03 bits per heavy atom. The molecule has 1 aromatic carbocycles. The molecule has 0 amide bonds. The number of fused-ring (bicyclic) bond motifs is 1. The zero-order valence-corrected chi connectivity index (χ0v) is 20.4. The van der Waals surface area contributed by atoms with E-state index in [4.69, 9.17) is 4.74 Å². The molecule has 1 aliphatic rings.